The van der Waals surface area contributed by atoms with Gasteiger partial charge in [0.25, 0.3) is 7.82 Å². The summed E-state index contributed by atoms with van der Waals surface area (Å²) in [5, 5.41) is 0. The number of ether oxygens (including phenoxy) is 2. The predicted molar refractivity (Wildman–Crippen MR) is 172 cm³/mol. The summed E-state index contributed by atoms with van der Waals surface area (Å²) in [5.41, 5.74) is 0. The number of carbonyl (C=O) groups is 2. The van der Waals surface area contributed by atoms with Crippen LogP contribution in [0.2, 0.25) is 0 Å². The van der Waals surface area contributed by atoms with Crippen LogP contribution in [0.5, 0.6) is 0 Å². The van der Waals surface area contributed by atoms with Crippen molar-refractivity contribution < 1.29 is 42.1 Å². The predicted octanol–water partition coefficient (Wildman–Crippen LogP) is 7.88. The van der Waals surface area contributed by atoms with E-state index in [1.54, 1.807) is 0 Å². The van der Waals surface area contributed by atoms with E-state index in [4.69, 9.17) is 18.5 Å². The Morgan fingerprint density at radius 3 is 1.53 bits per heavy atom. The van der Waals surface area contributed by atoms with E-state index in [1.165, 1.54) is 96.3 Å². The van der Waals surface area contributed by atoms with Gasteiger partial charge in [-0.2, -0.15) is 0 Å². The highest BCUT2D eigenvalue weighted by Crippen LogP contribution is 2.38. The van der Waals surface area contributed by atoms with Crippen molar-refractivity contribution >= 4 is 19.8 Å². The lowest BCUT2D eigenvalue weighted by Crippen LogP contribution is -2.37. The Morgan fingerprint density at radius 1 is 0.628 bits per heavy atom. The summed E-state index contributed by atoms with van der Waals surface area (Å²) in [4.78, 5) is 36.3. The molecule has 0 saturated heterocycles. The molecule has 9 nitrogen and oxygen atoms in total. The molecule has 10 heteroatoms. The quantitative estimate of drug-likeness (QED) is 0.0327. The number of likely N-dealkylation sites (N-methyl/N-ethyl adjacent to an activating group) is 1. The van der Waals surface area contributed by atoms with Gasteiger partial charge in [0.05, 0.1) is 27.7 Å². The van der Waals surface area contributed by atoms with Crippen LogP contribution in [0.25, 0.3) is 0 Å². The second-order valence-electron chi connectivity index (χ2n) is 12.9. The molecular weight excluding hydrogens is 569 g/mol. The van der Waals surface area contributed by atoms with Crippen LogP contribution in [-0.4, -0.2) is 70.0 Å². The maximum Gasteiger partial charge on any atom is 0.306 e. The summed E-state index contributed by atoms with van der Waals surface area (Å²) in [6.45, 7) is 3.84. The van der Waals surface area contributed by atoms with Gasteiger partial charge >= 0.3 is 11.9 Å². The van der Waals surface area contributed by atoms with Gasteiger partial charge in [0.2, 0.25) is 0 Å². The summed E-state index contributed by atoms with van der Waals surface area (Å²) >= 11 is 0. The molecule has 0 aromatic carbocycles. The van der Waals surface area contributed by atoms with Gasteiger partial charge in [0.1, 0.15) is 19.8 Å². The van der Waals surface area contributed by atoms with Gasteiger partial charge in [-0.25, -0.2) is 0 Å². The third-order valence-corrected chi connectivity index (χ3v) is 8.31. The minimum Gasteiger partial charge on any atom is -0.756 e. The van der Waals surface area contributed by atoms with Crippen molar-refractivity contribution in [2.45, 2.75) is 155 Å². The van der Waals surface area contributed by atoms with Crippen LogP contribution in [0.3, 0.4) is 0 Å². The number of unbranched alkanes of at least 4 members (excludes halogenated alkanes) is 17. The van der Waals surface area contributed by atoms with Crippen LogP contribution in [-0.2, 0) is 32.7 Å². The molecule has 0 heterocycles. The van der Waals surface area contributed by atoms with Crippen molar-refractivity contribution in [2.75, 3.05) is 47.5 Å². The van der Waals surface area contributed by atoms with Gasteiger partial charge in [0.15, 0.2) is 6.10 Å². The van der Waals surface area contributed by atoms with Gasteiger partial charge in [0, 0.05) is 12.8 Å². The lowest BCUT2D eigenvalue weighted by molar-refractivity contribution is -0.870. The first-order valence-corrected chi connectivity index (χ1v) is 18.7. The maximum absolute atomic E-state index is 12.4. The highest BCUT2D eigenvalue weighted by molar-refractivity contribution is 7.45. The summed E-state index contributed by atoms with van der Waals surface area (Å²) in [6.07, 6.45) is 23.0. The lowest BCUT2D eigenvalue weighted by atomic mass is 10.0. The number of hydrogen-bond acceptors (Lipinski definition) is 8. The molecule has 0 N–H and O–H groups in total. The third-order valence-electron chi connectivity index (χ3n) is 7.35. The molecule has 0 amide bonds. The topological polar surface area (TPSA) is 111 Å². The van der Waals surface area contributed by atoms with Crippen LogP contribution in [0.1, 0.15) is 149 Å². The average Bonchev–Trinajstić information content (AvgIpc) is 2.93. The second kappa shape index (κ2) is 27.3. The molecule has 0 aromatic rings. The Labute approximate surface area is 264 Å². The Bertz CT molecular complexity index is 728. The standard InChI is InChI=1S/C33H66NO8P/c1-6-8-9-10-11-12-13-14-15-16-17-18-19-20-21-22-23-24-26-33(36)42-31(29-39-32(35)25-7-2)30-41-43(37,38)40-28-27-34(3,4)5/h31H,6-30H2,1-5H3. The minimum atomic E-state index is -4.58. The number of nitrogens with zero attached hydrogens (tertiary/aromatic N) is 1. The number of rotatable bonds is 31. The van der Waals surface area contributed by atoms with Gasteiger partial charge in [-0.3, -0.25) is 14.2 Å². The molecule has 2 unspecified atom stereocenters. The molecule has 256 valence electrons. The van der Waals surface area contributed by atoms with Crippen molar-refractivity contribution in [3.63, 3.8) is 0 Å². The number of phosphoric ester groups is 1. The van der Waals surface area contributed by atoms with Crippen LogP contribution >= 0.6 is 7.82 Å². The van der Waals surface area contributed by atoms with E-state index in [1.807, 2.05) is 28.1 Å². The molecule has 0 saturated carbocycles. The first-order valence-electron chi connectivity index (χ1n) is 17.2. The van der Waals surface area contributed by atoms with E-state index >= 15 is 0 Å². The highest BCUT2D eigenvalue weighted by Gasteiger charge is 2.21. The molecule has 0 spiro atoms. The molecule has 0 aliphatic heterocycles. The number of carbonyl (C=O) groups excluding carboxylic acids is 2. The zero-order valence-electron chi connectivity index (χ0n) is 28.4. The monoisotopic (exact) mass is 635 g/mol. The van der Waals surface area contributed by atoms with Gasteiger partial charge in [-0.05, 0) is 12.8 Å². The Kier molecular flexibility index (Phi) is 26.7. The fourth-order valence-electron chi connectivity index (χ4n) is 4.63. The fourth-order valence-corrected chi connectivity index (χ4v) is 5.36. The molecule has 0 fully saturated rings. The zero-order chi connectivity index (χ0) is 32.2. The third kappa shape index (κ3) is 30.8. The summed E-state index contributed by atoms with van der Waals surface area (Å²) in [7, 11) is 1.17. The van der Waals surface area contributed by atoms with E-state index in [9.17, 15) is 19.0 Å². The van der Waals surface area contributed by atoms with E-state index in [-0.39, 0.29) is 26.1 Å². The van der Waals surface area contributed by atoms with E-state index in [2.05, 4.69) is 6.92 Å². The minimum absolute atomic E-state index is 0.0282. The Balaban J connectivity index is 4.03. The van der Waals surface area contributed by atoms with E-state index in [0.29, 0.717) is 23.9 Å². The van der Waals surface area contributed by atoms with Crippen LogP contribution in [0, 0.1) is 0 Å². The lowest BCUT2D eigenvalue weighted by Gasteiger charge is -2.28. The Morgan fingerprint density at radius 2 is 1.09 bits per heavy atom. The molecule has 2 atom stereocenters. The van der Waals surface area contributed by atoms with Crippen molar-refractivity contribution in [1.29, 1.82) is 0 Å². The molecule has 0 aromatic heterocycles. The van der Waals surface area contributed by atoms with Crippen molar-refractivity contribution in [1.82, 2.24) is 0 Å². The zero-order valence-corrected chi connectivity index (χ0v) is 29.3. The van der Waals surface area contributed by atoms with Crippen molar-refractivity contribution in [3.05, 3.63) is 0 Å². The number of esters is 2. The number of phosphoric acid groups is 1. The normalized spacial score (nSPS) is 13.9. The fraction of sp³-hybridized carbons (Fsp3) is 0.939. The highest BCUT2D eigenvalue weighted by atomic mass is 31.2. The summed E-state index contributed by atoms with van der Waals surface area (Å²) < 4.78 is 33.1. The summed E-state index contributed by atoms with van der Waals surface area (Å²) in [6, 6.07) is 0. The molecule has 0 bridgehead atoms. The molecule has 0 aliphatic rings. The smallest absolute Gasteiger partial charge is 0.306 e. The maximum atomic E-state index is 12.4. The largest absolute Gasteiger partial charge is 0.756 e. The van der Waals surface area contributed by atoms with Crippen molar-refractivity contribution in [3.8, 4) is 0 Å². The average molecular weight is 636 g/mol. The van der Waals surface area contributed by atoms with E-state index in [0.717, 1.165) is 12.8 Å². The number of hydrogen-bond donors (Lipinski definition) is 0. The van der Waals surface area contributed by atoms with Crippen LogP contribution in [0.15, 0.2) is 0 Å². The summed E-state index contributed by atoms with van der Waals surface area (Å²) in [5.74, 6) is -0.889. The second-order valence-corrected chi connectivity index (χ2v) is 14.3. The number of quaternary nitrogens is 1. The SMILES string of the molecule is CCCCCCCCCCCCCCCCCCCCC(=O)OC(COC(=O)CCC)COP(=O)([O-])OCC[N+](C)(C)C. The molecule has 0 radical (unpaired) electrons. The van der Waals surface area contributed by atoms with E-state index < -0.39 is 32.5 Å². The first kappa shape index (κ1) is 42.0. The van der Waals surface area contributed by atoms with Crippen LogP contribution in [0.4, 0.5) is 0 Å². The van der Waals surface area contributed by atoms with Gasteiger partial charge in [-0.1, -0.05) is 123 Å². The molecule has 43 heavy (non-hydrogen) atoms. The molecular formula is C33H66NO8P. The first-order chi connectivity index (χ1) is 20.5. The van der Waals surface area contributed by atoms with Gasteiger partial charge in [-0.15, -0.1) is 0 Å². The molecule has 0 rings (SSSR count). The Hall–Kier alpha value is -0.990. The molecule has 0 aliphatic carbocycles. The van der Waals surface area contributed by atoms with Crippen molar-refractivity contribution in [2.24, 2.45) is 0 Å². The van der Waals surface area contributed by atoms with Crippen LogP contribution < -0.4 is 4.89 Å². The van der Waals surface area contributed by atoms with Gasteiger partial charge < -0.3 is 27.9 Å².